The van der Waals surface area contributed by atoms with E-state index in [9.17, 15) is 0 Å². The van der Waals surface area contributed by atoms with Crippen LogP contribution in [0.5, 0.6) is 0 Å². The van der Waals surface area contributed by atoms with Crippen LogP contribution in [-0.4, -0.2) is 4.98 Å². The van der Waals surface area contributed by atoms with Gasteiger partial charge in [0.05, 0.1) is 6.04 Å². The summed E-state index contributed by atoms with van der Waals surface area (Å²) in [5.74, 6) is 0.790. The molecule has 1 unspecified atom stereocenters. The van der Waals surface area contributed by atoms with Gasteiger partial charge in [-0.05, 0) is 49.2 Å². The van der Waals surface area contributed by atoms with Gasteiger partial charge in [-0.3, -0.25) is 4.98 Å². The summed E-state index contributed by atoms with van der Waals surface area (Å²) >= 11 is 5.97. The third-order valence-corrected chi connectivity index (χ3v) is 3.54. The first-order valence-corrected chi connectivity index (χ1v) is 6.94. The minimum absolute atomic E-state index is 0.136. The van der Waals surface area contributed by atoms with E-state index < -0.39 is 0 Å². The van der Waals surface area contributed by atoms with Crippen LogP contribution < -0.4 is 5.73 Å². The van der Waals surface area contributed by atoms with Crippen molar-refractivity contribution < 1.29 is 4.42 Å². The van der Waals surface area contributed by atoms with Gasteiger partial charge in [0.1, 0.15) is 11.3 Å². The van der Waals surface area contributed by atoms with Crippen LogP contribution in [0.2, 0.25) is 5.02 Å². The number of benzene rings is 1. The van der Waals surface area contributed by atoms with Gasteiger partial charge in [-0.1, -0.05) is 17.7 Å². The molecule has 102 valence electrons. The van der Waals surface area contributed by atoms with Gasteiger partial charge in [0.15, 0.2) is 0 Å². The fourth-order valence-electron chi connectivity index (χ4n) is 2.21. The molecule has 3 aromatic rings. The zero-order valence-corrected chi connectivity index (χ0v) is 11.7. The fraction of sp³-hybridized carbons (Fsp3) is 0.188. The largest absolute Gasteiger partial charge is 0.459 e. The lowest BCUT2D eigenvalue weighted by Crippen LogP contribution is -2.10. The summed E-state index contributed by atoms with van der Waals surface area (Å²) in [6.45, 7) is 0. The Morgan fingerprint density at radius 2 is 2.10 bits per heavy atom. The highest BCUT2D eigenvalue weighted by atomic mass is 35.5. The van der Waals surface area contributed by atoms with Crippen molar-refractivity contribution in [1.29, 1.82) is 0 Å². The molecule has 0 aliphatic heterocycles. The normalized spacial score (nSPS) is 12.7. The zero-order valence-electron chi connectivity index (χ0n) is 10.9. The maximum atomic E-state index is 6.19. The van der Waals surface area contributed by atoms with Crippen molar-refractivity contribution in [2.45, 2.75) is 18.9 Å². The van der Waals surface area contributed by atoms with E-state index in [-0.39, 0.29) is 6.04 Å². The summed E-state index contributed by atoms with van der Waals surface area (Å²) < 4.78 is 5.77. The van der Waals surface area contributed by atoms with Gasteiger partial charge < -0.3 is 10.2 Å². The van der Waals surface area contributed by atoms with Crippen LogP contribution in [0, 0.1) is 0 Å². The predicted octanol–water partition coefficient (Wildman–Crippen LogP) is 4.11. The number of fused-ring (bicyclic) bond motifs is 1. The molecule has 0 saturated heterocycles. The van der Waals surface area contributed by atoms with Gasteiger partial charge in [-0.25, -0.2) is 0 Å². The quantitative estimate of drug-likeness (QED) is 0.785. The van der Waals surface area contributed by atoms with Crippen LogP contribution >= 0.6 is 11.6 Å². The summed E-state index contributed by atoms with van der Waals surface area (Å²) in [6, 6.07) is 13.3. The molecular formula is C16H15ClN2O. The molecule has 2 heterocycles. The highest BCUT2D eigenvalue weighted by Crippen LogP contribution is 2.27. The number of nitrogens with zero attached hydrogens (tertiary/aromatic N) is 1. The standard InChI is InChI=1S/C16H15ClN2O/c17-12-4-7-15-11(9-12)10-16(20-15)14(18)6-5-13-3-1-2-8-19-13/h1-4,7-10,14H,5-6,18H2. The van der Waals surface area contributed by atoms with Crippen LogP contribution in [0.25, 0.3) is 11.0 Å². The lowest BCUT2D eigenvalue weighted by Gasteiger charge is -2.07. The lowest BCUT2D eigenvalue weighted by atomic mass is 10.1. The molecule has 3 nitrogen and oxygen atoms in total. The number of furan rings is 1. The minimum atomic E-state index is -0.136. The molecule has 3 rings (SSSR count). The summed E-state index contributed by atoms with van der Waals surface area (Å²) in [5.41, 5.74) is 8.05. The zero-order chi connectivity index (χ0) is 13.9. The van der Waals surface area contributed by atoms with Crippen molar-refractivity contribution in [2.24, 2.45) is 5.73 Å². The van der Waals surface area contributed by atoms with E-state index in [0.29, 0.717) is 5.02 Å². The number of pyridine rings is 1. The van der Waals surface area contributed by atoms with Gasteiger partial charge in [0.2, 0.25) is 0 Å². The molecule has 20 heavy (non-hydrogen) atoms. The first kappa shape index (κ1) is 13.2. The smallest absolute Gasteiger partial charge is 0.134 e. The van der Waals surface area contributed by atoms with E-state index in [1.807, 2.05) is 42.5 Å². The summed E-state index contributed by atoms with van der Waals surface area (Å²) in [5, 5.41) is 1.69. The molecule has 0 amide bonds. The Kier molecular flexibility index (Phi) is 3.72. The van der Waals surface area contributed by atoms with Crippen molar-refractivity contribution in [3.8, 4) is 0 Å². The number of rotatable bonds is 4. The fourth-order valence-corrected chi connectivity index (χ4v) is 2.39. The van der Waals surface area contributed by atoms with Crippen molar-refractivity contribution >= 4 is 22.6 Å². The first-order chi connectivity index (χ1) is 9.72. The lowest BCUT2D eigenvalue weighted by molar-refractivity contribution is 0.477. The Bertz CT molecular complexity index is 709. The van der Waals surface area contributed by atoms with E-state index in [2.05, 4.69) is 4.98 Å². The highest BCUT2D eigenvalue weighted by molar-refractivity contribution is 6.31. The monoisotopic (exact) mass is 286 g/mol. The molecule has 0 bridgehead atoms. The van der Waals surface area contributed by atoms with E-state index in [4.69, 9.17) is 21.8 Å². The van der Waals surface area contributed by atoms with E-state index in [1.54, 1.807) is 6.20 Å². The van der Waals surface area contributed by atoms with Crippen LogP contribution in [0.15, 0.2) is 53.1 Å². The Balaban J connectivity index is 1.73. The number of nitrogens with two attached hydrogens (primary N) is 1. The van der Waals surface area contributed by atoms with Gasteiger partial charge in [-0.15, -0.1) is 0 Å². The van der Waals surface area contributed by atoms with Gasteiger partial charge in [0, 0.05) is 22.3 Å². The third-order valence-electron chi connectivity index (χ3n) is 3.30. The number of aromatic nitrogens is 1. The molecule has 0 aliphatic rings. The number of hydrogen-bond donors (Lipinski definition) is 1. The van der Waals surface area contributed by atoms with Crippen LogP contribution in [0.4, 0.5) is 0 Å². The van der Waals surface area contributed by atoms with Crippen LogP contribution in [0.3, 0.4) is 0 Å². The van der Waals surface area contributed by atoms with Gasteiger partial charge in [0.25, 0.3) is 0 Å². The Morgan fingerprint density at radius 1 is 1.20 bits per heavy atom. The maximum absolute atomic E-state index is 6.19. The number of halogens is 1. The minimum Gasteiger partial charge on any atom is -0.459 e. The second kappa shape index (κ2) is 5.65. The van der Waals surface area contributed by atoms with E-state index in [1.165, 1.54) is 0 Å². The first-order valence-electron chi connectivity index (χ1n) is 6.57. The highest BCUT2D eigenvalue weighted by Gasteiger charge is 2.12. The van der Waals surface area contributed by atoms with Crippen LogP contribution in [-0.2, 0) is 6.42 Å². The second-order valence-electron chi connectivity index (χ2n) is 4.80. The molecule has 4 heteroatoms. The van der Waals surface area contributed by atoms with E-state index in [0.717, 1.165) is 35.3 Å². The molecule has 0 spiro atoms. The summed E-state index contributed by atoms with van der Waals surface area (Å²) in [6.07, 6.45) is 3.43. The molecule has 2 aromatic heterocycles. The van der Waals surface area contributed by atoms with Gasteiger partial charge >= 0.3 is 0 Å². The van der Waals surface area contributed by atoms with Crippen LogP contribution in [0.1, 0.15) is 23.9 Å². The number of aryl methyl sites for hydroxylation is 1. The Hall–Kier alpha value is -1.84. The Morgan fingerprint density at radius 3 is 2.90 bits per heavy atom. The van der Waals surface area contributed by atoms with E-state index >= 15 is 0 Å². The Labute approximate surface area is 122 Å². The molecule has 1 atom stereocenters. The molecule has 0 fully saturated rings. The van der Waals surface area contributed by atoms with Crippen molar-refractivity contribution in [3.05, 3.63) is 65.1 Å². The average Bonchev–Trinajstić information content (AvgIpc) is 2.89. The third kappa shape index (κ3) is 2.84. The van der Waals surface area contributed by atoms with Crippen molar-refractivity contribution in [2.75, 3.05) is 0 Å². The molecular weight excluding hydrogens is 272 g/mol. The molecule has 0 radical (unpaired) electrons. The average molecular weight is 287 g/mol. The molecule has 0 saturated carbocycles. The molecule has 2 N–H and O–H groups in total. The topological polar surface area (TPSA) is 52.0 Å². The van der Waals surface area contributed by atoms with Crippen molar-refractivity contribution in [1.82, 2.24) is 4.98 Å². The molecule has 1 aromatic carbocycles. The summed E-state index contributed by atoms with van der Waals surface area (Å²) in [4.78, 5) is 4.30. The molecule has 0 aliphatic carbocycles. The van der Waals surface area contributed by atoms with Crippen molar-refractivity contribution in [3.63, 3.8) is 0 Å². The second-order valence-corrected chi connectivity index (χ2v) is 5.23. The summed E-state index contributed by atoms with van der Waals surface area (Å²) in [7, 11) is 0. The van der Waals surface area contributed by atoms with Gasteiger partial charge in [-0.2, -0.15) is 0 Å². The maximum Gasteiger partial charge on any atom is 0.134 e. The SMILES string of the molecule is NC(CCc1ccccn1)c1cc2cc(Cl)ccc2o1. The predicted molar refractivity (Wildman–Crippen MR) is 80.7 cm³/mol. The number of hydrogen-bond acceptors (Lipinski definition) is 3.